The molecule has 1 unspecified atom stereocenters. The maximum absolute atomic E-state index is 5.87. The fraction of sp³-hybridized carbons (Fsp3) is 0.538. The van der Waals surface area contributed by atoms with Crippen LogP contribution in [-0.2, 0) is 6.42 Å². The molecule has 1 aliphatic rings. The van der Waals surface area contributed by atoms with E-state index in [2.05, 4.69) is 25.1 Å². The summed E-state index contributed by atoms with van der Waals surface area (Å²) in [5, 5.41) is 0. The topological polar surface area (TPSA) is 35.2 Å². The van der Waals surface area contributed by atoms with Crippen molar-refractivity contribution in [2.75, 3.05) is 6.54 Å². The third-order valence-corrected chi connectivity index (χ3v) is 2.94. The molecule has 0 spiro atoms. The van der Waals surface area contributed by atoms with E-state index in [1.165, 1.54) is 17.5 Å². The zero-order valence-corrected chi connectivity index (χ0v) is 9.33. The molecule has 1 atom stereocenters. The van der Waals surface area contributed by atoms with Gasteiger partial charge < -0.3 is 10.5 Å². The Balaban J connectivity index is 1.91. The average molecular weight is 205 g/mol. The van der Waals surface area contributed by atoms with Gasteiger partial charge in [0.15, 0.2) is 0 Å². The summed E-state index contributed by atoms with van der Waals surface area (Å²) >= 11 is 0. The Hall–Kier alpha value is -1.02. The lowest BCUT2D eigenvalue weighted by atomic mass is 10.0. The molecule has 0 saturated carbocycles. The Morgan fingerprint density at radius 3 is 3.07 bits per heavy atom. The first-order valence-corrected chi connectivity index (χ1v) is 5.76. The highest BCUT2D eigenvalue weighted by molar-refractivity contribution is 5.40. The highest BCUT2D eigenvalue weighted by Gasteiger charge is 2.21. The number of fused-ring (bicyclic) bond motifs is 1. The summed E-state index contributed by atoms with van der Waals surface area (Å²) in [7, 11) is 0. The molecule has 0 radical (unpaired) electrons. The van der Waals surface area contributed by atoms with Gasteiger partial charge in [-0.1, -0.05) is 17.7 Å². The number of nitrogens with two attached hydrogens (primary N) is 1. The molecule has 0 amide bonds. The molecule has 0 saturated heterocycles. The number of hydrogen-bond donors (Lipinski definition) is 1. The van der Waals surface area contributed by atoms with Crippen LogP contribution < -0.4 is 10.5 Å². The van der Waals surface area contributed by atoms with Crippen LogP contribution in [0.1, 0.15) is 30.4 Å². The summed E-state index contributed by atoms with van der Waals surface area (Å²) in [5.74, 6) is 1.08. The lowest BCUT2D eigenvalue weighted by Gasteiger charge is -2.09. The van der Waals surface area contributed by atoms with Crippen LogP contribution in [0.3, 0.4) is 0 Å². The third kappa shape index (κ3) is 2.51. The summed E-state index contributed by atoms with van der Waals surface area (Å²) in [6.07, 6.45) is 4.86. The van der Waals surface area contributed by atoms with E-state index in [1.54, 1.807) is 0 Å². The van der Waals surface area contributed by atoms with Crippen molar-refractivity contribution >= 4 is 0 Å². The Morgan fingerprint density at radius 1 is 1.40 bits per heavy atom. The van der Waals surface area contributed by atoms with Gasteiger partial charge in [-0.05, 0) is 44.4 Å². The Kier molecular flexibility index (Phi) is 3.27. The molecule has 0 bridgehead atoms. The van der Waals surface area contributed by atoms with Gasteiger partial charge in [0.05, 0.1) is 0 Å². The van der Waals surface area contributed by atoms with Crippen LogP contribution >= 0.6 is 0 Å². The maximum Gasteiger partial charge on any atom is 0.123 e. The van der Waals surface area contributed by atoms with E-state index in [1.807, 2.05) is 0 Å². The predicted octanol–water partition coefficient (Wildman–Crippen LogP) is 2.43. The second-order valence-corrected chi connectivity index (χ2v) is 4.34. The van der Waals surface area contributed by atoms with Crippen molar-refractivity contribution in [2.45, 2.75) is 38.7 Å². The molecule has 1 aromatic rings. The quantitative estimate of drug-likeness (QED) is 0.766. The van der Waals surface area contributed by atoms with E-state index < -0.39 is 0 Å². The van der Waals surface area contributed by atoms with Gasteiger partial charge in [-0.3, -0.25) is 0 Å². The highest BCUT2D eigenvalue weighted by Crippen LogP contribution is 2.31. The molecule has 1 aromatic carbocycles. The number of ether oxygens (including phenoxy) is 1. The zero-order chi connectivity index (χ0) is 10.7. The van der Waals surface area contributed by atoms with Gasteiger partial charge >= 0.3 is 0 Å². The molecule has 0 fully saturated rings. The molecule has 82 valence electrons. The molecule has 2 rings (SSSR count). The van der Waals surface area contributed by atoms with Crippen LogP contribution in [0.15, 0.2) is 18.2 Å². The minimum Gasteiger partial charge on any atom is -0.490 e. The van der Waals surface area contributed by atoms with Crippen LogP contribution in [0.2, 0.25) is 0 Å². The van der Waals surface area contributed by atoms with Gasteiger partial charge in [0.1, 0.15) is 11.9 Å². The van der Waals surface area contributed by atoms with Gasteiger partial charge in [-0.2, -0.15) is 0 Å². The molecule has 15 heavy (non-hydrogen) atoms. The van der Waals surface area contributed by atoms with E-state index in [4.69, 9.17) is 10.5 Å². The SMILES string of the molecule is Cc1ccc2c(c1)CC(CCCCN)O2. The van der Waals surface area contributed by atoms with E-state index in [-0.39, 0.29) is 0 Å². The second kappa shape index (κ2) is 4.67. The standard InChI is InChI=1S/C13H19NO/c1-10-5-6-13-11(8-10)9-12(15-13)4-2-3-7-14/h5-6,8,12H,2-4,7,9,14H2,1H3. The first-order valence-electron chi connectivity index (χ1n) is 5.76. The molecule has 2 N–H and O–H groups in total. The first kappa shape index (κ1) is 10.5. The van der Waals surface area contributed by atoms with Gasteiger partial charge in [0.2, 0.25) is 0 Å². The molecule has 1 aliphatic heterocycles. The van der Waals surface area contributed by atoms with Crippen molar-refractivity contribution in [2.24, 2.45) is 5.73 Å². The lowest BCUT2D eigenvalue weighted by Crippen LogP contribution is -2.13. The van der Waals surface area contributed by atoms with Crippen LogP contribution in [0.25, 0.3) is 0 Å². The Bertz CT molecular complexity index is 335. The largest absolute Gasteiger partial charge is 0.490 e. The highest BCUT2D eigenvalue weighted by atomic mass is 16.5. The van der Waals surface area contributed by atoms with Crippen LogP contribution in [0.4, 0.5) is 0 Å². The van der Waals surface area contributed by atoms with E-state index in [0.717, 1.165) is 31.6 Å². The van der Waals surface area contributed by atoms with Crippen LogP contribution in [0, 0.1) is 6.92 Å². The Morgan fingerprint density at radius 2 is 2.27 bits per heavy atom. The molecular formula is C13H19NO. The third-order valence-electron chi connectivity index (χ3n) is 2.94. The minimum atomic E-state index is 0.383. The summed E-state index contributed by atoms with van der Waals surface area (Å²) in [6, 6.07) is 6.44. The number of hydrogen-bond acceptors (Lipinski definition) is 2. The van der Waals surface area contributed by atoms with E-state index >= 15 is 0 Å². The summed E-state index contributed by atoms with van der Waals surface area (Å²) < 4.78 is 5.87. The van der Waals surface area contributed by atoms with Crippen molar-refractivity contribution in [3.05, 3.63) is 29.3 Å². The minimum absolute atomic E-state index is 0.383. The molecule has 0 aromatic heterocycles. The van der Waals surface area contributed by atoms with E-state index in [9.17, 15) is 0 Å². The van der Waals surface area contributed by atoms with Crippen molar-refractivity contribution in [3.63, 3.8) is 0 Å². The second-order valence-electron chi connectivity index (χ2n) is 4.34. The van der Waals surface area contributed by atoms with Crippen molar-refractivity contribution in [1.82, 2.24) is 0 Å². The summed E-state index contributed by atoms with van der Waals surface area (Å²) in [5.41, 5.74) is 8.16. The van der Waals surface area contributed by atoms with Crippen LogP contribution in [-0.4, -0.2) is 12.6 Å². The number of aryl methyl sites for hydroxylation is 1. The monoisotopic (exact) mass is 205 g/mol. The number of rotatable bonds is 4. The summed E-state index contributed by atoms with van der Waals surface area (Å²) in [4.78, 5) is 0. The lowest BCUT2D eigenvalue weighted by molar-refractivity contribution is 0.217. The normalized spacial score (nSPS) is 18.7. The summed E-state index contributed by atoms with van der Waals surface area (Å²) in [6.45, 7) is 2.92. The van der Waals surface area contributed by atoms with Gasteiger partial charge in [-0.15, -0.1) is 0 Å². The predicted molar refractivity (Wildman–Crippen MR) is 62.2 cm³/mol. The first-order chi connectivity index (χ1) is 7.29. The van der Waals surface area contributed by atoms with Crippen molar-refractivity contribution < 1.29 is 4.74 Å². The van der Waals surface area contributed by atoms with Gasteiger partial charge in [-0.25, -0.2) is 0 Å². The fourth-order valence-electron chi connectivity index (χ4n) is 2.13. The molecule has 0 aliphatic carbocycles. The maximum atomic E-state index is 5.87. The van der Waals surface area contributed by atoms with Crippen molar-refractivity contribution in [1.29, 1.82) is 0 Å². The molecule has 2 nitrogen and oxygen atoms in total. The molecular weight excluding hydrogens is 186 g/mol. The van der Waals surface area contributed by atoms with Crippen LogP contribution in [0.5, 0.6) is 5.75 Å². The van der Waals surface area contributed by atoms with E-state index in [0.29, 0.717) is 6.10 Å². The average Bonchev–Trinajstić information content (AvgIpc) is 2.60. The van der Waals surface area contributed by atoms with Gasteiger partial charge in [0, 0.05) is 6.42 Å². The number of unbranched alkanes of at least 4 members (excludes halogenated alkanes) is 1. The van der Waals surface area contributed by atoms with Crippen molar-refractivity contribution in [3.8, 4) is 5.75 Å². The smallest absolute Gasteiger partial charge is 0.123 e. The zero-order valence-electron chi connectivity index (χ0n) is 9.33. The number of benzene rings is 1. The van der Waals surface area contributed by atoms with Gasteiger partial charge in [0.25, 0.3) is 0 Å². The fourth-order valence-corrected chi connectivity index (χ4v) is 2.13. The Labute approximate surface area is 91.4 Å². The molecule has 2 heteroatoms. The molecule has 1 heterocycles.